The molecule has 1 aliphatic rings. The normalized spacial score (nSPS) is 19.3. The predicted molar refractivity (Wildman–Crippen MR) is 122 cm³/mol. The summed E-state index contributed by atoms with van der Waals surface area (Å²) in [5.74, 6) is -0.662. The second-order valence-corrected chi connectivity index (χ2v) is 8.19. The van der Waals surface area contributed by atoms with E-state index in [4.69, 9.17) is 23.2 Å². The minimum Gasteiger partial charge on any atom is -0.334 e. The summed E-state index contributed by atoms with van der Waals surface area (Å²) in [5, 5.41) is 3.97. The Hall–Kier alpha value is -3.15. The van der Waals surface area contributed by atoms with Crippen molar-refractivity contribution in [3.63, 3.8) is 0 Å². The van der Waals surface area contributed by atoms with Gasteiger partial charge in [0.25, 0.3) is 5.91 Å². The molecule has 0 saturated carbocycles. The minimum atomic E-state index is -0.801. The summed E-state index contributed by atoms with van der Waals surface area (Å²) in [4.78, 5) is 25.7. The van der Waals surface area contributed by atoms with Gasteiger partial charge in [-0.25, -0.2) is 0 Å². The number of aryl methyl sites for hydroxylation is 1. The first-order valence-corrected chi connectivity index (χ1v) is 10.5. The van der Waals surface area contributed by atoms with E-state index in [-0.39, 0.29) is 11.8 Å². The predicted octanol–water partition coefficient (Wildman–Crippen LogP) is 4.32. The van der Waals surface area contributed by atoms with E-state index in [0.717, 1.165) is 16.7 Å². The lowest BCUT2D eigenvalue weighted by Gasteiger charge is -2.15. The fraction of sp³-hybridized carbons (Fsp3) is 0.125. The average molecular weight is 453 g/mol. The topological polar surface area (TPSA) is 61.2 Å². The van der Waals surface area contributed by atoms with Crippen molar-refractivity contribution in [2.45, 2.75) is 19.0 Å². The molecule has 156 valence electrons. The van der Waals surface area contributed by atoms with Crippen LogP contribution in [0.4, 0.5) is 0 Å². The number of amides is 2. The number of rotatable bonds is 4. The molecule has 3 aromatic carbocycles. The number of nitrogens with one attached hydrogen (secondary N) is 2. The van der Waals surface area contributed by atoms with E-state index in [1.54, 1.807) is 41.2 Å². The van der Waals surface area contributed by atoms with Crippen molar-refractivity contribution in [3.8, 4) is 0 Å². The second kappa shape index (κ2) is 8.92. The first kappa shape index (κ1) is 21.1. The van der Waals surface area contributed by atoms with Gasteiger partial charge in [-0.1, -0.05) is 65.2 Å². The first-order valence-electron chi connectivity index (χ1n) is 9.73. The van der Waals surface area contributed by atoms with Gasteiger partial charge in [-0.15, -0.1) is 10.1 Å². The summed E-state index contributed by atoms with van der Waals surface area (Å²) in [6.45, 7) is 2.00. The molecule has 0 aliphatic carbocycles. The van der Waals surface area contributed by atoms with Crippen LogP contribution in [0, 0.1) is 6.92 Å². The molecule has 0 unspecified atom stereocenters. The molecule has 2 atom stereocenters. The third-order valence-corrected chi connectivity index (χ3v) is 5.73. The van der Waals surface area contributed by atoms with E-state index >= 15 is 0 Å². The van der Waals surface area contributed by atoms with Crippen molar-refractivity contribution in [1.29, 1.82) is 0 Å². The van der Waals surface area contributed by atoms with Gasteiger partial charge in [0.1, 0.15) is 0 Å². The number of carbonyl (C=O) groups is 2. The number of halogens is 2. The summed E-state index contributed by atoms with van der Waals surface area (Å²) in [7, 11) is 0. The van der Waals surface area contributed by atoms with Crippen LogP contribution in [0.2, 0.25) is 10.0 Å². The number of nitrogens with zero attached hydrogens (tertiary/aromatic N) is 1. The number of carbonyl (C=O) groups excluding carboxylic acids is 2. The highest BCUT2D eigenvalue weighted by molar-refractivity contribution is 6.33. The summed E-state index contributed by atoms with van der Waals surface area (Å²) >= 11 is 12.2. The van der Waals surface area contributed by atoms with Gasteiger partial charge in [0.05, 0.1) is 10.6 Å². The lowest BCUT2D eigenvalue weighted by molar-refractivity contribution is -0.596. The van der Waals surface area contributed by atoms with Crippen molar-refractivity contribution >= 4 is 41.2 Å². The van der Waals surface area contributed by atoms with Gasteiger partial charge in [-0.05, 0) is 43.3 Å². The van der Waals surface area contributed by atoms with Gasteiger partial charge in [-0.3, -0.25) is 9.59 Å². The smallest absolute Gasteiger partial charge is 0.304 e. The van der Waals surface area contributed by atoms with E-state index < -0.39 is 12.1 Å². The first-order chi connectivity index (χ1) is 14.9. The molecule has 0 spiro atoms. The zero-order chi connectivity index (χ0) is 22.0. The van der Waals surface area contributed by atoms with Crippen molar-refractivity contribution < 1.29 is 14.3 Å². The van der Waals surface area contributed by atoms with E-state index in [2.05, 4.69) is 10.7 Å². The van der Waals surface area contributed by atoms with Gasteiger partial charge < -0.3 is 5.32 Å². The van der Waals surface area contributed by atoms with Crippen LogP contribution in [0.1, 0.15) is 33.1 Å². The van der Waals surface area contributed by atoms with Crippen LogP contribution < -0.4 is 10.7 Å². The van der Waals surface area contributed by atoms with Gasteiger partial charge in [0.15, 0.2) is 6.04 Å². The quantitative estimate of drug-likeness (QED) is 0.579. The minimum absolute atomic E-state index is 0.309. The van der Waals surface area contributed by atoms with E-state index in [0.29, 0.717) is 15.6 Å². The monoisotopic (exact) mass is 452 g/mol. The zero-order valence-electron chi connectivity index (χ0n) is 16.7. The Morgan fingerprint density at radius 1 is 1.00 bits per heavy atom. The maximum atomic E-state index is 12.9. The van der Waals surface area contributed by atoms with Gasteiger partial charge in [-0.2, -0.15) is 0 Å². The summed E-state index contributed by atoms with van der Waals surface area (Å²) in [5.41, 5.74) is 6.02. The highest BCUT2D eigenvalue weighted by Gasteiger charge is 2.47. The van der Waals surface area contributed by atoms with Crippen LogP contribution in [-0.4, -0.2) is 28.8 Å². The molecule has 3 aromatic rings. The molecule has 4 rings (SSSR count). The number of hydrazine groups is 1. The summed E-state index contributed by atoms with van der Waals surface area (Å²) in [6.07, 6.45) is 1.78. The molecule has 1 heterocycles. The molecule has 0 radical (unpaired) electrons. The lowest BCUT2D eigenvalue weighted by atomic mass is 9.98. The fourth-order valence-electron chi connectivity index (χ4n) is 3.50. The van der Waals surface area contributed by atoms with Crippen molar-refractivity contribution in [2.75, 3.05) is 0 Å². The SMILES string of the molecule is Cc1ccc([C@H]2[C@@H](NC(=O)c3ccc(Cl)cc3)C(=O)N/[N+]2=C\c2ccccc2Cl)cc1. The van der Waals surface area contributed by atoms with E-state index in [1.807, 2.05) is 49.4 Å². The molecule has 0 bridgehead atoms. The largest absolute Gasteiger partial charge is 0.334 e. The molecule has 0 aromatic heterocycles. The maximum Gasteiger partial charge on any atom is 0.304 e. The molecule has 2 N–H and O–H groups in total. The number of hydrogen-bond donors (Lipinski definition) is 2. The zero-order valence-corrected chi connectivity index (χ0v) is 18.2. The van der Waals surface area contributed by atoms with Crippen molar-refractivity contribution in [2.24, 2.45) is 0 Å². The Morgan fingerprint density at radius 2 is 1.68 bits per heavy atom. The molecule has 2 amide bonds. The highest BCUT2D eigenvalue weighted by atomic mass is 35.5. The Kier molecular flexibility index (Phi) is 6.07. The van der Waals surface area contributed by atoms with Crippen LogP contribution >= 0.6 is 23.2 Å². The van der Waals surface area contributed by atoms with Gasteiger partial charge >= 0.3 is 5.91 Å². The number of hydrogen-bond acceptors (Lipinski definition) is 2. The molecule has 31 heavy (non-hydrogen) atoms. The number of hydrazone groups is 1. The average Bonchev–Trinajstić information content (AvgIpc) is 3.05. The molecule has 5 nitrogen and oxygen atoms in total. The highest BCUT2D eigenvalue weighted by Crippen LogP contribution is 2.26. The van der Waals surface area contributed by atoms with E-state index in [1.165, 1.54) is 0 Å². The Balaban J connectivity index is 1.71. The van der Waals surface area contributed by atoms with Crippen LogP contribution in [0.15, 0.2) is 72.8 Å². The van der Waals surface area contributed by atoms with Crippen molar-refractivity contribution in [3.05, 3.63) is 105 Å². The third kappa shape index (κ3) is 4.63. The standard InChI is InChI=1S/C24H19Cl2N3O2/c1-15-6-8-16(9-7-15)22-21(27-23(30)17-10-12-19(25)13-11-17)24(31)28-29(22)14-18-4-2-3-5-20(18)26/h2-14,21-22H,1H3,(H-,27,28,30,31)/p+1/b29-14-/t21-,22+/m1/s1. The molecule has 1 aliphatic heterocycles. The molecule has 1 fully saturated rings. The third-order valence-electron chi connectivity index (χ3n) is 5.13. The Labute approximate surface area is 190 Å². The van der Waals surface area contributed by atoms with Crippen molar-refractivity contribution in [1.82, 2.24) is 10.7 Å². The number of benzene rings is 3. The lowest BCUT2D eigenvalue weighted by Crippen LogP contribution is -2.42. The Morgan fingerprint density at radius 3 is 2.35 bits per heavy atom. The second-order valence-electron chi connectivity index (χ2n) is 7.35. The summed E-state index contributed by atoms with van der Waals surface area (Å²) in [6, 6.07) is 20.5. The van der Waals surface area contributed by atoms with Crippen LogP contribution in [0.5, 0.6) is 0 Å². The van der Waals surface area contributed by atoms with Gasteiger partial charge in [0.2, 0.25) is 12.3 Å². The van der Waals surface area contributed by atoms with Crippen LogP contribution in [0.3, 0.4) is 0 Å². The van der Waals surface area contributed by atoms with Crippen LogP contribution in [-0.2, 0) is 4.79 Å². The fourth-order valence-corrected chi connectivity index (χ4v) is 3.81. The van der Waals surface area contributed by atoms with E-state index in [9.17, 15) is 9.59 Å². The van der Waals surface area contributed by atoms with Crippen LogP contribution in [0.25, 0.3) is 0 Å². The van der Waals surface area contributed by atoms with Gasteiger partial charge in [0, 0.05) is 16.1 Å². The molecule has 7 heteroatoms. The molecule has 1 saturated heterocycles. The molecular weight excluding hydrogens is 433 g/mol. The Bertz CT molecular complexity index is 1160. The maximum absolute atomic E-state index is 12.9. The summed E-state index contributed by atoms with van der Waals surface area (Å²) < 4.78 is 1.70. The molecular formula is C24H20Cl2N3O2+.